The molecule has 1 saturated heterocycles. The first kappa shape index (κ1) is 10.2. The molecule has 0 aliphatic carbocycles. The minimum absolute atomic E-state index is 0.0106. The van der Waals surface area contributed by atoms with Crippen molar-refractivity contribution >= 4 is 12.2 Å². The van der Waals surface area contributed by atoms with Crippen LogP contribution in [0.15, 0.2) is 0 Å². The summed E-state index contributed by atoms with van der Waals surface area (Å²) < 4.78 is 0. The van der Waals surface area contributed by atoms with Gasteiger partial charge in [-0.05, 0) is 26.3 Å². The topological polar surface area (TPSA) is 58.2 Å². The maximum absolute atomic E-state index is 11.3. The fourth-order valence-corrected chi connectivity index (χ4v) is 1.61. The van der Waals surface area contributed by atoms with E-state index in [-0.39, 0.29) is 17.9 Å². The number of nitrogens with one attached hydrogen (secondary N) is 2. The molecule has 0 saturated carbocycles. The average Bonchev–Trinajstić information content (AvgIpc) is 2.17. The molecule has 2 atom stereocenters. The van der Waals surface area contributed by atoms with Crippen molar-refractivity contribution in [2.24, 2.45) is 5.92 Å². The van der Waals surface area contributed by atoms with Gasteiger partial charge in [0.1, 0.15) is 6.29 Å². The predicted octanol–water partition coefficient (Wildman–Crippen LogP) is -0.310. The van der Waals surface area contributed by atoms with Gasteiger partial charge in [0.05, 0.1) is 6.04 Å². The second kappa shape index (κ2) is 4.97. The van der Waals surface area contributed by atoms with Crippen LogP contribution in [0.25, 0.3) is 0 Å². The van der Waals surface area contributed by atoms with Crippen LogP contribution in [-0.2, 0) is 9.59 Å². The van der Waals surface area contributed by atoms with Gasteiger partial charge in [0, 0.05) is 12.5 Å². The van der Waals surface area contributed by atoms with Crippen LogP contribution in [-0.4, -0.2) is 31.8 Å². The lowest BCUT2D eigenvalue weighted by Crippen LogP contribution is -2.40. The van der Waals surface area contributed by atoms with E-state index in [1.807, 2.05) is 0 Å². The second-order valence-electron chi connectivity index (χ2n) is 3.40. The molecule has 1 aliphatic heterocycles. The Morgan fingerprint density at radius 1 is 1.77 bits per heavy atom. The SMILES string of the molecule is CN[C@H](C=O)C[C@@H]1CCCNC1=O. The highest BCUT2D eigenvalue weighted by molar-refractivity contribution is 5.79. The van der Waals surface area contributed by atoms with Crippen LogP contribution in [0.4, 0.5) is 0 Å². The lowest BCUT2D eigenvalue weighted by molar-refractivity contribution is -0.127. The van der Waals surface area contributed by atoms with Crippen molar-refractivity contribution in [3.8, 4) is 0 Å². The van der Waals surface area contributed by atoms with E-state index < -0.39 is 0 Å². The maximum atomic E-state index is 11.3. The van der Waals surface area contributed by atoms with Gasteiger partial charge in [-0.25, -0.2) is 0 Å². The zero-order chi connectivity index (χ0) is 9.68. The molecule has 0 aromatic carbocycles. The van der Waals surface area contributed by atoms with Crippen molar-refractivity contribution in [3.63, 3.8) is 0 Å². The number of carbonyl (C=O) groups excluding carboxylic acids is 2. The molecular weight excluding hydrogens is 168 g/mol. The highest BCUT2D eigenvalue weighted by Crippen LogP contribution is 2.16. The van der Waals surface area contributed by atoms with Gasteiger partial charge in [0.15, 0.2) is 0 Å². The molecule has 0 aromatic heterocycles. The van der Waals surface area contributed by atoms with Crippen LogP contribution >= 0.6 is 0 Å². The molecule has 0 bridgehead atoms. The summed E-state index contributed by atoms with van der Waals surface area (Å²) in [5.41, 5.74) is 0. The molecule has 0 radical (unpaired) electrons. The Balaban J connectivity index is 2.41. The zero-order valence-electron chi connectivity index (χ0n) is 7.88. The van der Waals surface area contributed by atoms with E-state index in [1.165, 1.54) is 0 Å². The summed E-state index contributed by atoms with van der Waals surface area (Å²) in [7, 11) is 1.74. The molecule has 1 aliphatic rings. The molecule has 1 rings (SSSR count). The van der Waals surface area contributed by atoms with Crippen molar-refractivity contribution in [1.82, 2.24) is 10.6 Å². The summed E-state index contributed by atoms with van der Waals surface area (Å²) in [6.07, 6.45) is 3.40. The molecule has 0 unspecified atom stereocenters. The third-order valence-electron chi connectivity index (χ3n) is 2.47. The number of carbonyl (C=O) groups is 2. The van der Waals surface area contributed by atoms with Crippen molar-refractivity contribution < 1.29 is 9.59 Å². The molecule has 1 fully saturated rings. The third kappa shape index (κ3) is 2.81. The minimum atomic E-state index is -0.186. The maximum Gasteiger partial charge on any atom is 0.223 e. The molecular formula is C9H16N2O2. The normalized spacial score (nSPS) is 25.0. The molecule has 2 N–H and O–H groups in total. The Morgan fingerprint density at radius 2 is 2.54 bits per heavy atom. The fraction of sp³-hybridized carbons (Fsp3) is 0.778. The summed E-state index contributed by atoms with van der Waals surface area (Å²) in [6.45, 7) is 0.778. The van der Waals surface area contributed by atoms with E-state index in [2.05, 4.69) is 10.6 Å². The fourth-order valence-electron chi connectivity index (χ4n) is 1.61. The third-order valence-corrected chi connectivity index (χ3v) is 2.47. The molecule has 4 heteroatoms. The van der Waals surface area contributed by atoms with Crippen LogP contribution in [0.3, 0.4) is 0 Å². The lowest BCUT2D eigenvalue weighted by Gasteiger charge is -2.23. The molecule has 1 heterocycles. The largest absolute Gasteiger partial charge is 0.356 e. The van der Waals surface area contributed by atoms with Gasteiger partial charge in [-0.2, -0.15) is 0 Å². The van der Waals surface area contributed by atoms with E-state index in [4.69, 9.17) is 0 Å². The Bertz CT molecular complexity index is 194. The van der Waals surface area contributed by atoms with Crippen molar-refractivity contribution in [1.29, 1.82) is 0 Å². The Morgan fingerprint density at radius 3 is 3.08 bits per heavy atom. The van der Waals surface area contributed by atoms with Crippen LogP contribution in [0.1, 0.15) is 19.3 Å². The second-order valence-corrected chi connectivity index (χ2v) is 3.40. The van der Waals surface area contributed by atoms with Gasteiger partial charge in [-0.3, -0.25) is 4.79 Å². The summed E-state index contributed by atoms with van der Waals surface area (Å²) in [6, 6.07) is -0.186. The summed E-state index contributed by atoms with van der Waals surface area (Å²) in [5.74, 6) is 0.102. The van der Waals surface area contributed by atoms with Crippen LogP contribution in [0, 0.1) is 5.92 Å². The van der Waals surface area contributed by atoms with Gasteiger partial charge in [0.25, 0.3) is 0 Å². The van der Waals surface area contributed by atoms with Gasteiger partial charge in [0.2, 0.25) is 5.91 Å². The van der Waals surface area contributed by atoms with E-state index in [9.17, 15) is 9.59 Å². The Kier molecular flexibility index (Phi) is 3.89. The quantitative estimate of drug-likeness (QED) is 0.589. The number of amides is 1. The van der Waals surface area contributed by atoms with Gasteiger partial charge >= 0.3 is 0 Å². The Hall–Kier alpha value is -0.900. The molecule has 13 heavy (non-hydrogen) atoms. The predicted molar refractivity (Wildman–Crippen MR) is 49.3 cm³/mol. The van der Waals surface area contributed by atoms with Gasteiger partial charge in [-0.1, -0.05) is 0 Å². The smallest absolute Gasteiger partial charge is 0.223 e. The van der Waals surface area contributed by atoms with Crippen LogP contribution in [0.2, 0.25) is 0 Å². The van der Waals surface area contributed by atoms with Crippen LogP contribution in [0.5, 0.6) is 0 Å². The van der Waals surface area contributed by atoms with Crippen LogP contribution < -0.4 is 10.6 Å². The summed E-state index contributed by atoms with van der Waals surface area (Å²) >= 11 is 0. The first-order valence-corrected chi connectivity index (χ1v) is 4.68. The summed E-state index contributed by atoms with van der Waals surface area (Å²) in [4.78, 5) is 21.8. The standard InChI is InChI=1S/C9H16N2O2/c1-10-8(6-12)5-7-3-2-4-11-9(7)13/h6-8,10H,2-5H2,1H3,(H,11,13)/t7-,8-/m0/s1. The monoisotopic (exact) mass is 184 g/mol. The number of hydrogen-bond acceptors (Lipinski definition) is 3. The average molecular weight is 184 g/mol. The molecule has 0 aromatic rings. The number of piperidine rings is 1. The zero-order valence-corrected chi connectivity index (χ0v) is 7.88. The van der Waals surface area contributed by atoms with E-state index >= 15 is 0 Å². The van der Waals surface area contributed by atoms with Crippen molar-refractivity contribution in [2.45, 2.75) is 25.3 Å². The molecule has 0 spiro atoms. The minimum Gasteiger partial charge on any atom is -0.356 e. The lowest BCUT2D eigenvalue weighted by atomic mass is 9.92. The van der Waals surface area contributed by atoms with E-state index in [0.29, 0.717) is 6.42 Å². The van der Waals surface area contributed by atoms with Gasteiger partial charge in [-0.15, -0.1) is 0 Å². The molecule has 1 amide bonds. The highest BCUT2D eigenvalue weighted by atomic mass is 16.2. The number of rotatable bonds is 4. The van der Waals surface area contributed by atoms with Crippen molar-refractivity contribution in [2.75, 3.05) is 13.6 Å². The number of aldehydes is 1. The van der Waals surface area contributed by atoms with Gasteiger partial charge < -0.3 is 15.4 Å². The van der Waals surface area contributed by atoms with E-state index in [1.54, 1.807) is 7.05 Å². The number of hydrogen-bond donors (Lipinski definition) is 2. The van der Waals surface area contributed by atoms with Crippen molar-refractivity contribution in [3.05, 3.63) is 0 Å². The first-order chi connectivity index (χ1) is 6.27. The molecule has 4 nitrogen and oxygen atoms in total. The Labute approximate surface area is 78.1 Å². The summed E-state index contributed by atoms with van der Waals surface area (Å²) in [5, 5.41) is 5.67. The molecule has 74 valence electrons. The first-order valence-electron chi connectivity index (χ1n) is 4.68. The van der Waals surface area contributed by atoms with E-state index in [0.717, 1.165) is 25.7 Å². The highest BCUT2D eigenvalue weighted by Gasteiger charge is 2.24. The number of likely N-dealkylation sites (N-methyl/N-ethyl adjacent to an activating group) is 1.